The summed E-state index contributed by atoms with van der Waals surface area (Å²) in [5, 5.41) is 18.1. The topological polar surface area (TPSA) is 68.4 Å². The van der Waals surface area contributed by atoms with Crippen molar-refractivity contribution in [2.24, 2.45) is 0 Å². The first-order valence-electron chi connectivity index (χ1n) is 6.91. The number of phenolic OH excluding ortho intramolecular Hbond substituents is 1. The van der Waals surface area contributed by atoms with Crippen molar-refractivity contribution in [1.29, 1.82) is 0 Å². The number of halogens is 2. The van der Waals surface area contributed by atoms with Crippen molar-refractivity contribution in [3.8, 4) is 23.0 Å². The van der Waals surface area contributed by atoms with Gasteiger partial charge in [-0.25, -0.2) is 0 Å². The second-order valence-corrected chi connectivity index (χ2v) is 5.64. The van der Waals surface area contributed by atoms with Crippen molar-refractivity contribution >= 4 is 34.3 Å². The monoisotopic (exact) mass is 362 g/mol. The molecule has 0 aliphatic heterocycles. The van der Waals surface area contributed by atoms with Crippen LogP contribution in [0.2, 0.25) is 5.02 Å². The van der Waals surface area contributed by atoms with E-state index >= 15 is 0 Å². The summed E-state index contributed by atoms with van der Waals surface area (Å²) in [4.78, 5) is 0. The van der Waals surface area contributed by atoms with Gasteiger partial charge < -0.3 is 14.3 Å². The molecule has 5 nitrogen and oxygen atoms in total. The molecule has 3 rings (SSSR count). The predicted octanol–water partition coefficient (Wildman–Crippen LogP) is 4.84. The number of hydrogen-bond acceptors (Lipinski definition) is 5. The van der Waals surface area contributed by atoms with Gasteiger partial charge in [-0.05, 0) is 35.9 Å². The highest BCUT2D eigenvalue weighted by Crippen LogP contribution is 2.36. The lowest BCUT2D eigenvalue weighted by atomic mass is 10.2. The number of nitrogens with zero attached hydrogens (tertiary/aromatic N) is 2. The highest BCUT2D eigenvalue weighted by atomic mass is 35.5. The smallest absolute Gasteiger partial charge is 0.259 e. The van der Waals surface area contributed by atoms with Crippen LogP contribution in [0, 0.1) is 0 Å². The summed E-state index contributed by atoms with van der Waals surface area (Å²) in [6.45, 7) is 0. The molecule has 3 aromatic rings. The first kappa shape index (κ1) is 16.4. The molecule has 0 unspecified atom stereocenters. The average molecular weight is 363 g/mol. The maximum atomic E-state index is 9.75. The molecule has 1 aromatic heterocycles. The molecule has 0 bridgehead atoms. The number of aromatic hydroxyl groups is 1. The Bertz CT molecular complexity index is 892. The third kappa shape index (κ3) is 3.37. The minimum atomic E-state index is -0.128. The molecular formula is C17H12Cl2N2O3. The normalized spacial score (nSPS) is 11.5. The summed E-state index contributed by atoms with van der Waals surface area (Å²) in [6, 6.07) is 12.5. The van der Waals surface area contributed by atoms with E-state index in [0.29, 0.717) is 11.5 Å². The van der Waals surface area contributed by atoms with E-state index in [9.17, 15) is 5.11 Å². The Morgan fingerprint density at radius 1 is 1.21 bits per heavy atom. The van der Waals surface area contributed by atoms with Gasteiger partial charge in [0.25, 0.3) is 5.89 Å². The molecule has 0 saturated carbocycles. The lowest BCUT2D eigenvalue weighted by molar-refractivity contribution is 0.373. The molecule has 0 fully saturated rings. The Balaban J connectivity index is 1.92. The van der Waals surface area contributed by atoms with E-state index in [1.165, 1.54) is 7.11 Å². The second-order valence-electron chi connectivity index (χ2n) is 4.82. The van der Waals surface area contributed by atoms with Gasteiger partial charge in [-0.3, -0.25) is 0 Å². The summed E-state index contributed by atoms with van der Waals surface area (Å²) in [5.74, 6) is 0.669. The fraction of sp³-hybridized carbons (Fsp3) is 0.0588. The fourth-order valence-corrected chi connectivity index (χ4v) is 2.48. The Morgan fingerprint density at radius 3 is 2.67 bits per heavy atom. The van der Waals surface area contributed by atoms with Crippen LogP contribution in [0.15, 0.2) is 46.9 Å². The lowest BCUT2D eigenvalue weighted by Crippen LogP contribution is -1.86. The van der Waals surface area contributed by atoms with Crippen LogP contribution in [0.1, 0.15) is 11.5 Å². The van der Waals surface area contributed by atoms with E-state index in [0.717, 1.165) is 5.56 Å². The van der Waals surface area contributed by atoms with Gasteiger partial charge in [0, 0.05) is 5.56 Å². The van der Waals surface area contributed by atoms with Gasteiger partial charge in [-0.1, -0.05) is 41.4 Å². The summed E-state index contributed by atoms with van der Waals surface area (Å²) in [7, 11) is 1.44. The first-order valence-corrected chi connectivity index (χ1v) is 7.67. The number of benzene rings is 2. The molecule has 2 aromatic carbocycles. The molecule has 24 heavy (non-hydrogen) atoms. The zero-order chi connectivity index (χ0) is 17.1. The highest BCUT2D eigenvalue weighted by Gasteiger charge is 2.13. The number of ether oxygens (including phenoxy) is 1. The van der Waals surface area contributed by atoms with E-state index in [4.69, 9.17) is 32.4 Å². The zero-order valence-electron chi connectivity index (χ0n) is 12.5. The molecule has 0 atom stereocenters. The number of aromatic nitrogens is 2. The van der Waals surface area contributed by atoms with Crippen LogP contribution >= 0.6 is 23.2 Å². The largest absolute Gasteiger partial charge is 0.503 e. The Hall–Kier alpha value is -2.50. The maximum Gasteiger partial charge on any atom is 0.259 e. The molecule has 0 saturated heterocycles. The van der Waals surface area contributed by atoms with Gasteiger partial charge in [-0.15, -0.1) is 10.2 Å². The van der Waals surface area contributed by atoms with Crippen LogP contribution in [0.5, 0.6) is 11.5 Å². The quantitative estimate of drug-likeness (QED) is 0.718. The van der Waals surface area contributed by atoms with Gasteiger partial charge in [0.15, 0.2) is 11.5 Å². The molecule has 0 radical (unpaired) electrons. The Labute approximate surface area is 148 Å². The number of hydrogen-bond donors (Lipinski definition) is 1. The van der Waals surface area contributed by atoms with Crippen molar-refractivity contribution in [2.75, 3.05) is 7.11 Å². The molecule has 0 amide bonds. The molecule has 1 heterocycles. The van der Waals surface area contributed by atoms with E-state index in [1.54, 1.807) is 18.2 Å². The van der Waals surface area contributed by atoms with Gasteiger partial charge >= 0.3 is 0 Å². The summed E-state index contributed by atoms with van der Waals surface area (Å²) >= 11 is 12.2. The number of phenols is 1. The lowest BCUT2D eigenvalue weighted by Gasteiger charge is -2.06. The Morgan fingerprint density at radius 2 is 1.96 bits per heavy atom. The van der Waals surface area contributed by atoms with Gasteiger partial charge in [-0.2, -0.15) is 0 Å². The van der Waals surface area contributed by atoms with Crippen LogP contribution in [-0.2, 0) is 0 Å². The molecule has 7 heteroatoms. The fourth-order valence-electron chi connectivity index (χ4n) is 2.06. The van der Waals surface area contributed by atoms with Crippen molar-refractivity contribution in [1.82, 2.24) is 10.2 Å². The zero-order valence-corrected chi connectivity index (χ0v) is 14.0. The van der Waals surface area contributed by atoms with Crippen LogP contribution in [-0.4, -0.2) is 22.4 Å². The molecule has 0 aliphatic rings. The average Bonchev–Trinajstić information content (AvgIpc) is 3.09. The highest BCUT2D eigenvalue weighted by molar-refractivity contribution is 6.50. The Kier molecular flexibility index (Phi) is 4.74. The van der Waals surface area contributed by atoms with E-state index in [-0.39, 0.29) is 27.4 Å². The van der Waals surface area contributed by atoms with E-state index < -0.39 is 0 Å². The third-order valence-electron chi connectivity index (χ3n) is 3.21. The molecular weight excluding hydrogens is 351 g/mol. The van der Waals surface area contributed by atoms with Gasteiger partial charge in [0.05, 0.1) is 12.1 Å². The summed E-state index contributed by atoms with van der Waals surface area (Å²) < 4.78 is 10.6. The van der Waals surface area contributed by atoms with Crippen molar-refractivity contribution < 1.29 is 14.3 Å². The SMILES string of the molecule is COc1cc(/C=C(\Cl)c2nnc(-c3ccccc3)o2)cc(Cl)c1O. The van der Waals surface area contributed by atoms with Crippen molar-refractivity contribution in [3.05, 3.63) is 58.9 Å². The van der Waals surface area contributed by atoms with Crippen LogP contribution < -0.4 is 4.74 Å². The summed E-state index contributed by atoms with van der Waals surface area (Å²) in [5.41, 5.74) is 1.43. The second kappa shape index (κ2) is 6.95. The predicted molar refractivity (Wildman–Crippen MR) is 93.1 cm³/mol. The maximum absolute atomic E-state index is 9.75. The van der Waals surface area contributed by atoms with Crippen molar-refractivity contribution in [3.63, 3.8) is 0 Å². The van der Waals surface area contributed by atoms with Gasteiger partial charge in [0.1, 0.15) is 5.03 Å². The standard InChI is InChI=1S/C17H12Cl2N2O3/c1-23-14-9-10(7-12(18)15(14)22)8-13(19)17-21-20-16(24-17)11-5-3-2-4-6-11/h2-9,22H,1H3/b13-8-. The summed E-state index contributed by atoms with van der Waals surface area (Å²) in [6.07, 6.45) is 1.59. The molecule has 122 valence electrons. The van der Waals surface area contributed by atoms with Crippen molar-refractivity contribution in [2.45, 2.75) is 0 Å². The third-order valence-corrected chi connectivity index (χ3v) is 3.77. The van der Waals surface area contributed by atoms with Crippen LogP contribution in [0.4, 0.5) is 0 Å². The molecule has 0 spiro atoms. The first-order chi connectivity index (χ1) is 11.6. The minimum Gasteiger partial charge on any atom is -0.503 e. The van der Waals surface area contributed by atoms with E-state index in [2.05, 4.69) is 10.2 Å². The number of methoxy groups -OCH3 is 1. The minimum absolute atomic E-state index is 0.128. The van der Waals surface area contributed by atoms with Crippen LogP contribution in [0.3, 0.4) is 0 Å². The number of rotatable bonds is 4. The van der Waals surface area contributed by atoms with Gasteiger partial charge in [0.2, 0.25) is 5.89 Å². The van der Waals surface area contributed by atoms with Crippen LogP contribution in [0.25, 0.3) is 22.6 Å². The molecule has 0 aliphatic carbocycles. The molecule has 1 N–H and O–H groups in total. The van der Waals surface area contributed by atoms with E-state index in [1.807, 2.05) is 30.3 Å².